The van der Waals surface area contributed by atoms with Gasteiger partial charge in [0.1, 0.15) is 24.4 Å². The topological polar surface area (TPSA) is 38.2 Å². The van der Waals surface area contributed by atoms with Crippen LogP contribution < -0.4 is 4.74 Å². The van der Waals surface area contributed by atoms with E-state index in [-0.39, 0.29) is 6.61 Å². The monoisotopic (exact) mass is 343 g/mol. The summed E-state index contributed by atoms with van der Waals surface area (Å²) < 4.78 is 19.7. The molecular formula is C20H26FN3O. The lowest BCUT2D eigenvalue weighted by Gasteiger charge is -2.18. The Morgan fingerprint density at radius 1 is 1.24 bits per heavy atom. The highest BCUT2D eigenvalue weighted by Crippen LogP contribution is 2.17. The molecule has 0 spiro atoms. The van der Waals surface area contributed by atoms with Crippen molar-refractivity contribution in [3.8, 4) is 5.75 Å². The number of halogens is 1. The maximum absolute atomic E-state index is 14.1. The summed E-state index contributed by atoms with van der Waals surface area (Å²) in [5, 5.41) is 0. The first-order valence-electron chi connectivity index (χ1n) is 9.12. The number of hydrogen-bond donors (Lipinski definition) is 0. The van der Waals surface area contributed by atoms with Crippen LogP contribution in [0.15, 0.2) is 36.5 Å². The minimum atomic E-state index is -0.952. The third kappa shape index (κ3) is 5.49. The van der Waals surface area contributed by atoms with Crippen LogP contribution >= 0.6 is 0 Å². The van der Waals surface area contributed by atoms with Gasteiger partial charge in [0.2, 0.25) is 0 Å². The average molecular weight is 343 g/mol. The summed E-state index contributed by atoms with van der Waals surface area (Å²) in [6.45, 7) is 4.66. The SMILES string of the molecule is CCc1ccnc(Cc2cccc(OCC(F)CN3CCCC3)c2)n1. The second-order valence-corrected chi connectivity index (χ2v) is 6.56. The predicted octanol–water partition coefficient (Wildman–Crippen LogP) is 3.44. The van der Waals surface area contributed by atoms with E-state index in [1.165, 1.54) is 12.8 Å². The Bertz CT molecular complexity index is 673. The van der Waals surface area contributed by atoms with Crippen LogP contribution in [0, 0.1) is 0 Å². The summed E-state index contributed by atoms with van der Waals surface area (Å²) in [5.74, 6) is 1.50. The van der Waals surface area contributed by atoms with Gasteiger partial charge in [0.25, 0.3) is 0 Å². The van der Waals surface area contributed by atoms with Crippen molar-refractivity contribution in [2.75, 3.05) is 26.2 Å². The Morgan fingerprint density at radius 3 is 2.88 bits per heavy atom. The highest BCUT2D eigenvalue weighted by atomic mass is 19.1. The van der Waals surface area contributed by atoms with Crippen LogP contribution in [0.1, 0.15) is 36.8 Å². The van der Waals surface area contributed by atoms with Crippen LogP contribution in [0.25, 0.3) is 0 Å². The van der Waals surface area contributed by atoms with E-state index in [4.69, 9.17) is 4.74 Å². The molecule has 25 heavy (non-hydrogen) atoms. The standard InChI is InChI=1S/C20H26FN3O/c1-2-18-8-9-22-20(23-18)13-16-6-5-7-19(12-16)25-15-17(21)14-24-10-3-4-11-24/h5-9,12,17H,2-4,10-11,13-15H2,1H3. The second kappa shape index (κ2) is 8.90. The summed E-state index contributed by atoms with van der Waals surface area (Å²) in [5.41, 5.74) is 2.11. The van der Waals surface area contributed by atoms with Gasteiger partial charge in [0.15, 0.2) is 0 Å². The third-order valence-corrected chi connectivity index (χ3v) is 4.47. The number of ether oxygens (including phenoxy) is 1. The molecule has 1 aliphatic heterocycles. The van der Waals surface area contributed by atoms with Crippen LogP contribution in [0.5, 0.6) is 5.75 Å². The van der Waals surface area contributed by atoms with Crippen molar-refractivity contribution in [3.05, 3.63) is 53.6 Å². The van der Waals surface area contributed by atoms with E-state index in [0.717, 1.165) is 36.6 Å². The van der Waals surface area contributed by atoms with Gasteiger partial charge in [0, 0.05) is 24.9 Å². The number of aromatic nitrogens is 2. The number of alkyl halides is 1. The quantitative estimate of drug-likeness (QED) is 0.736. The molecule has 2 heterocycles. The molecular weight excluding hydrogens is 317 g/mol. The number of nitrogens with zero attached hydrogens (tertiary/aromatic N) is 3. The van der Waals surface area contributed by atoms with Gasteiger partial charge in [-0.1, -0.05) is 19.1 Å². The molecule has 1 aromatic heterocycles. The summed E-state index contributed by atoms with van der Waals surface area (Å²) >= 11 is 0. The number of hydrogen-bond acceptors (Lipinski definition) is 4. The lowest BCUT2D eigenvalue weighted by molar-refractivity contribution is 0.150. The second-order valence-electron chi connectivity index (χ2n) is 6.56. The van der Waals surface area contributed by atoms with Gasteiger partial charge in [-0.3, -0.25) is 0 Å². The number of benzene rings is 1. The van der Waals surface area contributed by atoms with Crippen LogP contribution in [-0.4, -0.2) is 47.3 Å². The zero-order valence-electron chi connectivity index (χ0n) is 14.8. The molecule has 3 rings (SSSR count). The van der Waals surface area contributed by atoms with Crippen LogP contribution in [-0.2, 0) is 12.8 Å². The molecule has 0 amide bonds. The molecule has 134 valence electrons. The molecule has 1 saturated heterocycles. The van der Waals surface area contributed by atoms with Crippen molar-refractivity contribution in [1.29, 1.82) is 0 Å². The first kappa shape index (κ1) is 17.8. The van der Waals surface area contributed by atoms with Crippen molar-refractivity contribution in [3.63, 3.8) is 0 Å². The van der Waals surface area contributed by atoms with Gasteiger partial charge in [-0.05, 0) is 56.1 Å². The Hall–Kier alpha value is -2.01. The molecule has 1 aromatic carbocycles. The fourth-order valence-electron chi connectivity index (χ4n) is 3.14. The third-order valence-electron chi connectivity index (χ3n) is 4.47. The number of likely N-dealkylation sites (tertiary alicyclic amines) is 1. The molecule has 2 aromatic rings. The van der Waals surface area contributed by atoms with E-state index >= 15 is 0 Å². The summed E-state index contributed by atoms with van der Waals surface area (Å²) in [6, 6.07) is 9.71. The zero-order chi connectivity index (χ0) is 17.5. The number of aryl methyl sites for hydroxylation is 1. The Labute approximate surface area is 149 Å². The molecule has 0 radical (unpaired) electrons. The lowest BCUT2D eigenvalue weighted by Crippen LogP contribution is -2.31. The molecule has 1 aliphatic rings. The molecule has 1 atom stereocenters. The van der Waals surface area contributed by atoms with E-state index in [1.54, 1.807) is 6.20 Å². The van der Waals surface area contributed by atoms with Crippen LogP contribution in [0.3, 0.4) is 0 Å². The minimum absolute atomic E-state index is 0.0990. The summed E-state index contributed by atoms with van der Waals surface area (Å²) in [7, 11) is 0. The highest BCUT2D eigenvalue weighted by molar-refractivity contribution is 5.30. The first-order chi connectivity index (χ1) is 12.2. The average Bonchev–Trinajstić information content (AvgIpc) is 3.13. The Balaban J connectivity index is 1.53. The summed E-state index contributed by atoms with van der Waals surface area (Å²) in [6.07, 6.45) is 4.75. The highest BCUT2D eigenvalue weighted by Gasteiger charge is 2.17. The van der Waals surface area contributed by atoms with Gasteiger partial charge in [-0.15, -0.1) is 0 Å². The zero-order valence-corrected chi connectivity index (χ0v) is 14.8. The maximum Gasteiger partial charge on any atom is 0.147 e. The normalized spacial score (nSPS) is 16.1. The van der Waals surface area contributed by atoms with Crippen LogP contribution in [0.4, 0.5) is 4.39 Å². The Kier molecular flexibility index (Phi) is 6.34. The maximum atomic E-state index is 14.1. The largest absolute Gasteiger partial charge is 0.491 e. The van der Waals surface area contributed by atoms with Gasteiger partial charge in [-0.25, -0.2) is 14.4 Å². The van der Waals surface area contributed by atoms with Gasteiger partial charge >= 0.3 is 0 Å². The lowest BCUT2D eigenvalue weighted by atomic mass is 10.1. The molecule has 4 nitrogen and oxygen atoms in total. The molecule has 1 fully saturated rings. The van der Waals surface area contributed by atoms with Gasteiger partial charge in [0.05, 0.1) is 0 Å². The van der Waals surface area contributed by atoms with E-state index in [9.17, 15) is 4.39 Å². The fraction of sp³-hybridized carbons (Fsp3) is 0.500. The van der Waals surface area contributed by atoms with E-state index < -0.39 is 6.17 Å². The van der Waals surface area contributed by atoms with Gasteiger partial charge in [-0.2, -0.15) is 0 Å². The van der Waals surface area contributed by atoms with Crippen molar-refractivity contribution in [2.45, 2.75) is 38.8 Å². The van der Waals surface area contributed by atoms with E-state index in [2.05, 4.69) is 21.8 Å². The van der Waals surface area contributed by atoms with Crippen molar-refractivity contribution >= 4 is 0 Å². The Morgan fingerprint density at radius 2 is 2.08 bits per heavy atom. The minimum Gasteiger partial charge on any atom is -0.491 e. The summed E-state index contributed by atoms with van der Waals surface area (Å²) in [4.78, 5) is 11.0. The van der Waals surface area contributed by atoms with E-state index in [0.29, 0.717) is 18.7 Å². The molecule has 0 saturated carbocycles. The smallest absolute Gasteiger partial charge is 0.147 e. The first-order valence-corrected chi connectivity index (χ1v) is 9.12. The van der Waals surface area contributed by atoms with Crippen LogP contribution in [0.2, 0.25) is 0 Å². The fourth-order valence-corrected chi connectivity index (χ4v) is 3.14. The van der Waals surface area contributed by atoms with Gasteiger partial charge < -0.3 is 9.64 Å². The predicted molar refractivity (Wildman–Crippen MR) is 96.7 cm³/mol. The number of rotatable bonds is 8. The van der Waals surface area contributed by atoms with Crippen molar-refractivity contribution in [1.82, 2.24) is 14.9 Å². The molecule has 1 unspecified atom stereocenters. The molecule has 0 aliphatic carbocycles. The molecule has 0 N–H and O–H groups in total. The molecule has 5 heteroatoms. The van der Waals surface area contributed by atoms with Crippen molar-refractivity contribution in [2.24, 2.45) is 0 Å². The van der Waals surface area contributed by atoms with Crippen molar-refractivity contribution < 1.29 is 9.13 Å². The molecule has 0 bridgehead atoms. The van der Waals surface area contributed by atoms with E-state index in [1.807, 2.05) is 30.3 Å².